The highest BCUT2D eigenvalue weighted by Crippen LogP contribution is 2.40. The number of rotatable bonds is 5. The van der Waals surface area contributed by atoms with Gasteiger partial charge in [-0.25, -0.2) is 19.9 Å². The Morgan fingerprint density at radius 1 is 0.763 bits per heavy atom. The van der Waals surface area contributed by atoms with Crippen LogP contribution < -0.4 is 9.80 Å². The Hall–Kier alpha value is -5.79. The van der Waals surface area contributed by atoms with E-state index >= 15 is 0 Å². The normalized spacial score (nSPS) is 21.4. The van der Waals surface area contributed by atoms with Crippen LogP contribution in [0, 0.1) is 35.0 Å². The van der Waals surface area contributed by atoms with Gasteiger partial charge in [0.2, 0.25) is 0 Å². The molecule has 0 unspecified atom stereocenters. The fourth-order valence-electron chi connectivity index (χ4n) is 8.16. The van der Waals surface area contributed by atoms with Crippen molar-refractivity contribution in [3.05, 3.63) is 112 Å². The van der Waals surface area contributed by atoms with Gasteiger partial charge in [-0.05, 0) is 49.9 Å². The van der Waals surface area contributed by atoms with Crippen LogP contribution in [0.15, 0.2) is 89.1 Å². The van der Waals surface area contributed by atoms with Gasteiger partial charge >= 0.3 is 0 Å². The lowest BCUT2D eigenvalue weighted by molar-refractivity contribution is 0.153. The number of terminal acetylenes is 1. The average Bonchev–Trinajstić information content (AvgIpc) is 4.05. The van der Waals surface area contributed by atoms with Crippen molar-refractivity contribution >= 4 is 51.6 Å². The number of nitriles is 2. The Morgan fingerprint density at radius 2 is 1.36 bits per heavy atom. The van der Waals surface area contributed by atoms with Crippen LogP contribution in [0.1, 0.15) is 54.4 Å². The number of fused-ring (bicyclic) bond motifs is 2. The predicted octanol–water partition coefficient (Wildman–Crippen LogP) is 7.03. The Morgan fingerprint density at radius 3 is 1.97 bits per heavy atom. The number of anilines is 2. The topological polar surface area (TPSA) is 171 Å². The van der Waals surface area contributed by atoms with Gasteiger partial charge < -0.3 is 19.5 Å². The van der Waals surface area contributed by atoms with Crippen molar-refractivity contribution in [2.75, 3.05) is 49.1 Å². The Kier molecular flexibility index (Phi) is 13.5. The molecule has 0 bridgehead atoms. The molecular weight excluding hydrogens is 811 g/mol. The number of nitrogens with zero attached hydrogens (tertiary/aromatic N) is 12. The first-order valence-corrected chi connectivity index (χ1v) is 20.2. The summed E-state index contributed by atoms with van der Waals surface area (Å²) in [5.41, 5.74) is 3.15. The molecule has 1 N–H and O–H groups in total. The first kappa shape index (κ1) is 41.4. The summed E-state index contributed by atoms with van der Waals surface area (Å²) < 4.78 is 5.73. The molecule has 4 aliphatic heterocycles. The zero-order valence-corrected chi connectivity index (χ0v) is 34.1. The van der Waals surface area contributed by atoms with Crippen molar-refractivity contribution in [2.24, 2.45) is 5.16 Å². The maximum atomic E-state index is 9.32. The van der Waals surface area contributed by atoms with Gasteiger partial charge in [-0.1, -0.05) is 75.3 Å². The maximum absolute atomic E-state index is 9.32. The number of hydrogen-bond donors (Lipinski definition) is 1. The molecule has 5 aromatic rings. The number of piperazine rings is 2. The lowest BCUT2D eigenvalue weighted by Crippen LogP contribution is -2.52. The molecule has 0 amide bonds. The minimum absolute atomic E-state index is 0.0347. The summed E-state index contributed by atoms with van der Waals surface area (Å²) in [5.74, 6) is 5.15. The molecule has 300 valence electrons. The molecule has 0 aliphatic carbocycles. The van der Waals surface area contributed by atoms with E-state index in [-0.39, 0.29) is 17.3 Å². The minimum atomic E-state index is 0.0347. The molecule has 17 heteroatoms. The Bertz CT molecular complexity index is 2410. The van der Waals surface area contributed by atoms with Crippen LogP contribution in [0.3, 0.4) is 0 Å². The highest BCUT2D eigenvalue weighted by atomic mass is 35.5. The fraction of sp³-hybridized carbons (Fsp3) is 0.333. The second-order valence-electron chi connectivity index (χ2n) is 14.2. The molecule has 4 atom stereocenters. The summed E-state index contributed by atoms with van der Waals surface area (Å²) in [6.07, 6.45) is 16.2. The third kappa shape index (κ3) is 9.58. The first-order chi connectivity index (χ1) is 28.8. The van der Waals surface area contributed by atoms with Crippen molar-refractivity contribution in [1.82, 2.24) is 34.9 Å². The molecule has 3 aromatic heterocycles. The van der Waals surface area contributed by atoms with Crippen LogP contribution in [-0.4, -0.2) is 103 Å². The molecule has 59 heavy (non-hydrogen) atoms. The third-order valence-electron chi connectivity index (χ3n) is 10.9. The zero-order valence-electron chi connectivity index (χ0n) is 31.8. The number of halogens is 3. The van der Waals surface area contributed by atoms with Crippen molar-refractivity contribution < 1.29 is 9.73 Å². The lowest BCUT2D eigenvalue weighted by atomic mass is 10.1. The zero-order chi connectivity index (χ0) is 41.3. The molecule has 9 rings (SSSR count). The first-order valence-electron chi connectivity index (χ1n) is 19.1. The molecule has 4 aliphatic rings. The van der Waals surface area contributed by atoms with E-state index in [4.69, 9.17) is 56.2 Å². The third-order valence-corrected chi connectivity index (χ3v) is 11.7. The number of benzene rings is 2. The summed E-state index contributed by atoms with van der Waals surface area (Å²) >= 11 is 17.3. The van der Waals surface area contributed by atoms with Crippen molar-refractivity contribution in [3.8, 4) is 35.7 Å². The van der Waals surface area contributed by atoms with Crippen LogP contribution in [0.5, 0.6) is 0 Å². The Balaban J connectivity index is 0.000000151. The van der Waals surface area contributed by atoms with Crippen LogP contribution in [-0.2, 0) is 0 Å². The highest BCUT2D eigenvalue weighted by molar-refractivity contribution is 6.69. The number of oxime groups is 1. The van der Waals surface area contributed by atoms with Gasteiger partial charge in [0.1, 0.15) is 17.8 Å². The molecule has 0 radical (unpaired) electrons. The highest BCUT2D eigenvalue weighted by Gasteiger charge is 2.41. The summed E-state index contributed by atoms with van der Waals surface area (Å²) in [4.78, 5) is 26.1. The van der Waals surface area contributed by atoms with E-state index in [1.165, 1.54) is 0 Å². The number of hydrogen-bond acceptors (Lipinski definition) is 14. The van der Waals surface area contributed by atoms with E-state index < -0.39 is 0 Å². The quantitative estimate of drug-likeness (QED) is 0.0828. The van der Waals surface area contributed by atoms with E-state index in [1.54, 1.807) is 49.1 Å². The smallest absolute Gasteiger partial charge is 0.183 e. The summed E-state index contributed by atoms with van der Waals surface area (Å²) in [5, 5.41) is 35.1. The standard InChI is InChI=1S/C21H19ClN6O.C14H15N5.C7H5Cl2NO/c22-15-3-1-2-14(10-15)17-11-20(29-26-17)19-5-4-16-13-27(8-9-28(16)19)21-18(12-23)24-6-7-25-21;1-2-11-3-4-12-10-18(7-8-19(11)12)14-13(9-15)16-5-6-17-14;8-6-3-1-2-5(4-6)7(9)10-11/h1-3,6-7,10-11,16,19H,4-5,8-9,13H2;1,5-6,11-12H,3-4,7-8,10H2;1-4,11H/b;;10-7-/t16-,19+;11-,12-;/m00./s1. The molecule has 0 saturated carbocycles. The van der Waals surface area contributed by atoms with Gasteiger partial charge in [0.15, 0.2) is 34.0 Å². The van der Waals surface area contributed by atoms with E-state index in [0.717, 1.165) is 82.0 Å². The minimum Gasteiger partial charge on any atom is -0.410 e. The monoisotopic (exact) mass is 848 g/mol. The molecule has 4 fully saturated rings. The molecule has 14 nitrogen and oxygen atoms in total. The van der Waals surface area contributed by atoms with Gasteiger partial charge in [-0.3, -0.25) is 9.80 Å². The van der Waals surface area contributed by atoms with Crippen LogP contribution in [0.25, 0.3) is 11.3 Å². The van der Waals surface area contributed by atoms with E-state index in [9.17, 15) is 5.26 Å². The van der Waals surface area contributed by atoms with Gasteiger partial charge in [0.25, 0.3) is 0 Å². The van der Waals surface area contributed by atoms with Gasteiger partial charge in [0, 0.05) is 103 Å². The van der Waals surface area contributed by atoms with Gasteiger partial charge in [-0.2, -0.15) is 10.5 Å². The van der Waals surface area contributed by atoms with Crippen molar-refractivity contribution in [1.29, 1.82) is 10.5 Å². The van der Waals surface area contributed by atoms with E-state index in [0.29, 0.717) is 50.7 Å². The number of aromatic nitrogens is 5. The molecule has 4 saturated heterocycles. The maximum Gasteiger partial charge on any atom is 0.183 e. The summed E-state index contributed by atoms with van der Waals surface area (Å²) in [6, 6.07) is 22.1. The van der Waals surface area contributed by atoms with E-state index in [2.05, 4.69) is 67.9 Å². The molecular formula is C42H39Cl3N12O2. The van der Waals surface area contributed by atoms with Crippen LogP contribution in [0.4, 0.5) is 11.6 Å². The average molecular weight is 850 g/mol. The van der Waals surface area contributed by atoms with Gasteiger partial charge in [-0.15, -0.1) is 6.42 Å². The summed E-state index contributed by atoms with van der Waals surface area (Å²) in [7, 11) is 0. The SMILES string of the molecule is C#C[C@H]1CC[C@H]2CN(c3nccnc3C#N)CCN21.N#Cc1nccnc1N1CCN2[C@@H](CC[C@@H]2c2cc(-c3cccc(Cl)c3)no2)C1.O/N=C(\Cl)c1cccc(Cl)c1. The van der Waals surface area contributed by atoms with Gasteiger partial charge in [0.05, 0.1) is 12.1 Å². The Labute approximate surface area is 357 Å². The fourth-order valence-corrected chi connectivity index (χ4v) is 8.66. The second-order valence-corrected chi connectivity index (χ2v) is 15.5. The van der Waals surface area contributed by atoms with Crippen molar-refractivity contribution in [3.63, 3.8) is 0 Å². The second kappa shape index (κ2) is 19.3. The molecule has 0 spiro atoms. The van der Waals surface area contributed by atoms with E-state index in [1.807, 2.05) is 30.3 Å². The molecule has 2 aromatic carbocycles. The lowest BCUT2D eigenvalue weighted by Gasteiger charge is -2.40. The summed E-state index contributed by atoms with van der Waals surface area (Å²) in [6.45, 7) is 5.17. The van der Waals surface area contributed by atoms with Crippen molar-refractivity contribution in [2.45, 2.75) is 49.9 Å². The van der Waals surface area contributed by atoms with Crippen LogP contribution >= 0.6 is 34.8 Å². The largest absolute Gasteiger partial charge is 0.410 e. The van der Waals surface area contributed by atoms with Crippen LogP contribution in [0.2, 0.25) is 10.0 Å². The molecule has 7 heterocycles. The predicted molar refractivity (Wildman–Crippen MR) is 225 cm³/mol.